The number of ketones is 1. The fraction of sp³-hybridized carbons (Fsp3) is 0.372. The lowest BCUT2D eigenvalue weighted by atomic mass is 9.99. The predicted octanol–water partition coefficient (Wildman–Crippen LogP) is 7.82. The van der Waals surface area contributed by atoms with Gasteiger partial charge >= 0.3 is 6.16 Å². The van der Waals surface area contributed by atoms with Gasteiger partial charge < -0.3 is 38.0 Å². The second-order valence-electron chi connectivity index (χ2n) is 14.4. The number of anilines is 1. The van der Waals surface area contributed by atoms with Gasteiger partial charge in [-0.15, -0.1) is 0 Å². The Morgan fingerprint density at radius 1 is 0.934 bits per heavy atom. The Bertz CT molecular complexity index is 2280. The first-order valence-corrected chi connectivity index (χ1v) is 20.7. The minimum atomic E-state index is -1.75. The smallest absolute Gasteiger partial charge is 0.497 e. The molecule has 0 saturated carbocycles. The number of carbonyl (C=O) groups excluding carboxylic acids is 3. The summed E-state index contributed by atoms with van der Waals surface area (Å²) in [6, 6.07) is 24.1. The van der Waals surface area contributed by atoms with Gasteiger partial charge in [0.25, 0.3) is 14.4 Å². The Hall–Kier alpha value is -6.02. The van der Waals surface area contributed by atoms with Crippen molar-refractivity contribution in [2.45, 2.75) is 77.2 Å². The second kappa shape index (κ2) is 21.0. The normalized spacial score (nSPS) is 17.2. The highest BCUT2D eigenvalue weighted by atomic mass is 31.2. The van der Waals surface area contributed by atoms with Crippen LogP contribution in [-0.2, 0) is 23.3 Å². The minimum absolute atomic E-state index is 0.00382. The lowest BCUT2D eigenvalue weighted by molar-refractivity contribution is -0.0581. The van der Waals surface area contributed by atoms with E-state index in [4.69, 9.17) is 32.7 Å². The fourth-order valence-corrected chi connectivity index (χ4v) is 8.51. The Balaban J connectivity index is 1.27. The maximum Gasteiger partial charge on any atom is 0.509 e. The molecule has 1 amide bonds. The highest BCUT2D eigenvalue weighted by Crippen LogP contribution is 2.50. The van der Waals surface area contributed by atoms with Gasteiger partial charge in [-0.1, -0.05) is 48.5 Å². The van der Waals surface area contributed by atoms with Crippen LogP contribution in [0.15, 0.2) is 91.5 Å². The molecular formula is C43H48N7O10P. The summed E-state index contributed by atoms with van der Waals surface area (Å²) in [5.41, 5.74) is 1.75. The molecule has 1 fully saturated rings. The number of nitrogens with one attached hydrogen (secondary N) is 1. The Kier molecular flexibility index (Phi) is 15.3. The number of hydrogen-bond donors (Lipinski definition) is 1. The largest absolute Gasteiger partial charge is 0.509 e. The number of carbonyl (C=O) groups is 3. The standard InChI is InChI=1S/C43H48N7O10P/c1-27(2)50(28(3)4)61(57-19-13-18-44)60-34-23-36(49-26-47-37-40(45-25-46-41(37)49)48-42(52)30-16-11-8-12-17-30)58-35(34)24-56-43(53)59-39(38(51)29-14-9-7-10-15-29)31-20-32(54-5)22-33(21-31)55-6/h7-12,14-17,20-22,25-28,34-36,39H,13,19,23-24H2,1-6H3,(H,45,46,48,52)/t34-,35+,36+,39?,61?/m0/s1. The van der Waals surface area contributed by atoms with Crippen LogP contribution in [0.1, 0.15) is 79.1 Å². The minimum Gasteiger partial charge on any atom is -0.497 e. The third-order valence-electron chi connectivity index (χ3n) is 9.56. The molecule has 1 saturated heterocycles. The van der Waals surface area contributed by atoms with E-state index in [-0.39, 0.29) is 49.9 Å². The molecule has 2 aromatic heterocycles. The van der Waals surface area contributed by atoms with Gasteiger partial charge in [-0.25, -0.2) is 24.4 Å². The number of benzene rings is 3. The van der Waals surface area contributed by atoms with Crippen LogP contribution in [0, 0.1) is 11.3 Å². The number of Topliss-reactive ketones (excluding diaryl/α,β-unsaturated/α-hetero) is 1. The molecule has 5 aromatic rings. The van der Waals surface area contributed by atoms with E-state index in [1.807, 2.05) is 33.8 Å². The van der Waals surface area contributed by atoms with Gasteiger partial charge in [0.2, 0.25) is 5.78 Å². The van der Waals surface area contributed by atoms with Crippen LogP contribution >= 0.6 is 8.53 Å². The number of hydrogen-bond acceptors (Lipinski definition) is 15. The van der Waals surface area contributed by atoms with Crippen LogP contribution in [0.5, 0.6) is 11.5 Å². The quantitative estimate of drug-likeness (QED) is 0.0365. The molecule has 0 spiro atoms. The Morgan fingerprint density at radius 3 is 2.21 bits per heavy atom. The molecule has 0 radical (unpaired) electrons. The van der Waals surface area contributed by atoms with E-state index >= 15 is 0 Å². The highest BCUT2D eigenvalue weighted by Gasteiger charge is 2.43. The molecule has 6 rings (SSSR count). The molecule has 0 bridgehead atoms. The zero-order chi connectivity index (χ0) is 43.5. The summed E-state index contributed by atoms with van der Waals surface area (Å²) < 4.78 is 45.7. The summed E-state index contributed by atoms with van der Waals surface area (Å²) in [5, 5.41) is 12.1. The van der Waals surface area contributed by atoms with Gasteiger partial charge in [0, 0.05) is 41.3 Å². The van der Waals surface area contributed by atoms with Crippen molar-refractivity contribution in [2.75, 3.05) is 32.8 Å². The summed E-state index contributed by atoms with van der Waals surface area (Å²) in [6.45, 7) is 7.87. The number of aromatic nitrogens is 4. The number of imidazole rings is 1. The summed E-state index contributed by atoms with van der Waals surface area (Å²) in [7, 11) is 1.19. The molecular weight excluding hydrogens is 805 g/mol. The SMILES string of the molecule is COc1cc(OC)cc(C(OC(=O)OC[C@H]2O[C@@H](n3cnc4c(NC(=O)c5ccccc5)ncnc43)C[C@@H]2OP(OCCC#N)N(C(C)C)C(C)C)C(=O)c2ccccc2)c1. The van der Waals surface area contributed by atoms with Crippen molar-refractivity contribution in [3.63, 3.8) is 0 Å². The van der Waals surface area contributed by atoms with E-state index in [1.165, 1.54) is 26.9 Å². The predicted molar refractivity (Wildman–Crippen MR) is 224 cm³/mol. The van der Waals surface area contributed by atoms with Crippen molar-refractivity contribution in [1.29, 1.82) is 5.26 Å². The van der Waals surface area contributed by atoms with Gasteiger partial charge in [-0.05, 0) is 52.0 Å². The van der Waals surface area contributed by atoms with Crippen molar-refractivity contribution in [1.82, 2.24) is 24.2 Å². The number of rotatable bonds is 19. The molecule has 18 heteroatoms. The number of fused-ring (bicyclic) bond motifs is 1. The van der Waals surface area contributed by atoms with Gasteiger partial charge in [-0.3, -0.25) is 14.2 Å². The van der Waals surface area contributed by atoms with Crippen LogP contribution in [-0.4, -0.2) is 93.8 Å². The van der Waals surface area contributed by atoms with E-state index in [0.717, 1.165) is 0 Å². The second-order valence-corrected chi connectivity index (χ2v) is 15.8. The first kappa shape index (κ1) is 44.5. The number of amides is 1. The number of nitrogens with zero attached hydrogens (tertiary/aromatic N) is 6. The first-order valence-electron chi connectivity index (χ1n) is 19.6. The highest BCUT2D eigenvalue weighted by molar-refractivity contribution is 7.44. The fourth-order valence-electron chi connectivity index (χ4n) is 6.75. The molecule has 1 N–H and O–H groups in total. The molecule has 61 heavy (non-hydrogen) atoms. The molecule has 320 valence electrons. The molecule has 3 aromatic carbocycles. The zero-order valence-electron chi connectivity index (χ0n) is 34.7. The average Bonchev–Trinajstić information content (AvgIpc) is 3.89. The average molecular weight is 854 g/mol. The number of ether oxygens (including phenoxy) is 5. The molecule has 17 nitrogen and oxygen atoms in total. The van der Waals surface area contributed by atoms with Crippen LogP contribution in [0.4, 0.5) is 10.6 Å². The van der Waals surface area contributed by atoms with E-state index in [1.54, 1.807) is 77.4 Å². The van der Waals surface area contributed by atoms with E-state index in [0.29, 0.717) is 39.4 Å². The molecule has 1 aliphatic rings. The Morgan fingerprint density at radius 2 is 1.59 bits per heavy atom. The van der Waals surface area contributed by atoms with Crippen LogP contribution in [0.25, 0.3) is 11.2 Å². The van der Waals surface area contributed by atoms with Gasteiger partial charge in [0.1, 0.15) is 36.8 Å². The third-order valence-corrected chi connectivity index (χ3v) is 11.7. The van der Waals surface area contributed by atoms with Crippen molar-refractivity contribution in [3.8, 4) is 17.6 Å². The van der Waals surface area contributed by atoms with E-state index < -0.39 is 45.0 Å². The van der Waals surface area contributed by atoms with Gasteiger partial charge in [0.05, 0.1) is 45.7 Å². The molecule has 3 heterocycles. The first-order chi connectivity index (χ1) is 29.5. The molecule has 0 aliphatic carbocycles. The van der Waals surface area contributed by atoms with Gasteiger partial charge in [-0.2, -0.15) is 5.26 Å². The zero-order valence-corrected chi connectivity index (χ0v) is 35.6. The van der Waals surface area contributed by atoms with Gasteiger partial charge in [0.15, 0.2) is 23.1 Å². The van der Waals surface area contributed by atoms with Crippen molar-refractivity contribution >= 4 is 43.4 Å². The third kappa shape index (κ3) is 11.0. The lowest BCUT2D eigenvalue weighted by Gasteiger charge is -2.37. The summed E-state index contributed by atoms with van der Waals surface area (Å²) in [6.07, 6.45) is -1.70. The molecule has 5 atom stereocenters. The van der Waals surface area contributed by atoms with E-state index in [2.05, 4.69) is 31.0 Å². The summed E-state index contributed by atoms with van der Waals surface area (Å²) >= 11 is 0. The maximum atomic E-state index is 13.9. The van der Waals surface area contributed by atoms with Crippen molar-refractivity contribution in [3.05, 3.63) is 108 Å². The van der Waals surface area contributed by atoms with Crippen LogP contribution in [0.3, 0.4) is 0 Å². The summed E-state index contributed by atoms with van der Waals surface area (Å²) in [5.74, 6) is 0.111. The summed E-state index contributed by atoms with van der Waals surface area (Å²) in [4.78, 5) is 53.9. The topological polar surface area (TPSA) is 198 Å². The van der Waals surface area contributed by atoms with Crippen LogP contribution in [0.2, 0.25) is 0 Å². The molecule has 2 unspecified atom stereocenters. The monoisotopic (exact) mass is 853 g/mol. The molecule has 1 aliphatic heterocycles. The lowest BCUT2D eigenvalue weighted by Crippen LogP contribution is -2.37. The Labute approximate surface area is 354 Å². The van der Waals surface area contributed by atoms with E-state index in [9.17, 15) is 19.6 Å². The van der Waals surface area contributed by atoms with Crippen molar-refractivity contribution in [2.24, 2.45) is 0 Å². The van der Waals surface area contributed by atoms with Crippen LogP contribution < -0.4 is 14.8 Å². The number of nitriles is 1. The number of methoxy groups -OCH3 is 2. The van der Waals surface area contributed by atoms with Crippen molar-refractivity contribution < 1.29 is 47.1 Å². The maximum absolute atomic E-state index is 13.9.